The fraction of sp³-hybridized carbons (Fsp3) is 0.417. The van der Waals surface area contributed by atoms with Gasteiger partial charge in [0.1, 0.15) is 5.75 Å². The Bertz CT molecular complexity index is 859. The van der Waals surface area contributed by atoms with Crippen molar-refractivity contribution >= 4 is 11.8 Å². The van der Waals surface area contributed by atoms with E-state index in [1.54, 1.807) is 0 Å². The summed E-state index contributed by atoms with van der Waals surface area (Å²) in [5.74, 6) is 0.711. The zero-order chi connectivity index (χ0) is 20.1. The average Bonchev–Trinajstić information content (AvgIpc) is 3.56. The first-order valence-corrected chi connectivity index (χ1v) is 10.6. The first-order valence-electron chi connectivity index (χ1n) is 10.6. The zero-order valence-corrected chi connectivity index (χ0v) is 16.7. The molecule has 1 saturated carbocycles. The fourth-order valence-electron chi connectivity index (χ4n) is 3.88. The molecule has 4 rings (SSSR count). The third kappa shape index (κ3) is 5.37. The second-order valence-corrected chi connectivity index (χ2v) is 7.96. The number of ether oxygens (including phenoxy) is 1. The molecule has 152 valence electrons. The highest BCUT2D eigenvalue weighted by atomic mass is 16.5. The van der Waals surface area contributed by atoms with Crippen molar-refractivity contribution in [3.63, 3.8) is 0 Å². The molecule has 29 heavy (non-hydrogen) atoms. The van der Waals surface area contributed by atoms with Gasteiger partial charge in [-0.1, -0.05) is 36.4 Å². The maximum Gasteiger partial charge on any atom is 0.258 e. The molecule has 0 aliphatic heterocycles. The van der Waals surface area contributed by atoms with Crippen molar-refractivity contribution in [1.82, 2.24) is 10.6 Å². The minimum Gasteiger partial charge on any atom is -0.484 e. The third-order valence-electron chi connectivity index (χ3n) is 5.63. The van der Waals surface area contributed by atoms with Crippen LogP contribution in [0.1, 0.15) is 48.3 Å². The Balaban J connectivity index is 1.21. The van der Waals surface area contributed by atoms with Crippen molar-refractivity contribution in [3.05, 3.63) is 65.2 Å². The number of nitrogens with one attached hydrogen (secondary N) is 2. The van der Waals surface area contributed by atoms with Gasteiger partial charge in [-0.05, 0) is 67.3 Å². The van der Waals surface area contributed by atoms with Gasteiger partial charge in [0.05, 0.1) is 5.92 Å². The molecule has 2 aliphatic rings. The summed E-state index contributed by atoms with van der Waals surface area (Å²) in [5, 5.41) is 6.00. The molecule has 0 spiro atoms. The highest BCUT2D eigenvalue weighted by Gasteiger charge is 2.25. The summed E-state index contributed by atoms with van der Waals surface area (Å²) in [6.45, 7) is 0.663. The smallest absolute Gasteiger partial charge is 0.258 e. The van der Waals surface area contributed by atoms with Crippen LogP contribution in [0.15, 0.2) is 48.5 Å². The lowest BCUT2D eigenvalue weighted by Crippen LogP contribution is -2.32. The number of amides is 2. The van der Waals surface area contributed by atoms with E-state index in [2.05, 4.69) is 22.8 Å². The number of hydrogen-bond donors (Lipinski definition) is 2. The van der Waals surface area contributed by atoms with Gasteiger partial charge < -0.3 is 15.4 Å². The Hall–Kier alpha value is -2.82. The van der Waals surface area contributed by atoms with E-state index < -0.39 is 0 Å². The minimum absolute atomic E-state index is 0.0301. The molecule has 5 nitrogen and oxygen atoms in total. The molecule has 0 bridgehead atoms. The van der Waals surface area contributed by atoms with Crippen LogP contribution in [0.3, 0.4) is 0 Å². The fourth-order valence-corrected chi connectivity index (χ4v) is 3.88. The SMILES string of the molecule is O=C(COc1ccc(CCNC(=O)[C@H]2CCCc3ccccc32)cc1)NC1CC1. The van der Waals surface area contributed by atoms with E-state index in [1.165, 1.54) is 11.1 Å². The molecule has 1 fully saturated rings. The Morgan fingerprint density at radius 3 is 2.59 bits per heavy atom. The normalized spacial score (nSPS) is 17.9. The Morgan fingerprint density at radius 1 is 1.00 bits per heavy atom. The van der Waals surface area contributed by atoms with Crippen molar-refractivity contribution in [2.24, 2.45) is 0 Å². The first kappa shape index (κ1) is 19.5. The van der Waals surface area contributed by atoms with Crippen LogP contribution in [0, 0.1) is 0 Å². The number of benzene rings is 2. The maximum atomic E-state index is 12.7. The van der Waals surface area contributed by atoms with Crippen molar-refractivity contribution in [2.45, 2.75) is 50.5 Å². The number of fused-ring (bicyclic) bond motifs is 1. The van der Waals surface area contributed by atoms with Gasteiger partial charge in [-0.25, -0.2) is 0 Å². The molecule has 2 aromatic rings. The lowest BCUT2D eigenvalue weighted by molar-refractivity contribution is -0.123. The third-order valence-corrected chi connectivity index (χ3v) is 5.63. The van der Waals surface area contributed by atoms with Crippen LogP contribution >= 0.6 is 0 Å². The van der Waals surface area contributed by atoms with E-state index in [1.807, 2.05) is 36.4 Å². The minimum atomic E-state index is -0.0661. The van der Waals surface area contributed by atoms with E-state index in [0.29, 0.717) is 18.3 Å². The van der Waals surface area contributed by atoms with Gasteiger partial charge in [0.25, 0.3) is 5.91 Å². The van der Waals surface area contributed by atoms with E-state index in [-0.39, 0.29) is 24.3 Å². The summed E-state index contributed by atoms with van der Waals surface area (Å²) < 4.78 is 5.52. The highest BCUT2D eigenvalue weighted by molar-refractivity contribution is 5.84. The predicted octanol–water partition coefficient (Wildman–Crippen LogP) is 3.12. The summed E-state index contributed by atoms with van der Waals surface area (Å²) in [5.41, 5.74) is 3.62. The van der Waals surface area contributed by atoms with Gasteiger partial charge in [-0.15, -0.1) is 0 Å². The molecule has 2 aromatic carbocycles. The quantitative estimate of drug-likeness (QED) is 0.725. The monoisotopic (exact) mass is 392 g/mol. The van der Waals surface area contributed by atoms with Gasteiger partial charge in [0, 0.05) is 12.6 Å². The Labute approximate surface area is 171 Å². The largest absolute Gasteiger partial charge is 0.484 e. The maximum absolute atomic E-state index is 12.7. The molecule has 1 atom stereocenters. The summed E-state index contributed by atoms with van der Waals surface area (Å²) >= 11 is 0. The standard InChI is InChI=1S/C24H28N2O3/c27-23(26-19-10-11-19)16-29-20-12-8-17(9-13-20)14-15-25-24(28)22-7-3-5-18-4-1-2-6-21(18)22/h1-2,4,6,8-9,12-13,19,22H,3,5,7,10-11,14-16H2,(H,25,28)(H,26,27)/t22-/m0/s1. The zero-order valence-electron chi connectivity index (χ0n) is 16.7. The number of carbonyl (C=O) groups excluding carboxylic acids is 2. The molecule has 2 N–H and O–H groups in total. The number of hydrogen-bond acceptors (Lipinski definition) is 3. The molecule has 2 amide bonds. The molecule has 2 aliphatic carbocycles. The molecule has 0 radical (unpaired) electrons. The van der Waals surface area contributed by atoms with Crippen molar-refractivity contribution in [1.29, 1.82) is 0 Å². The molecule has 5 heteroatoms. The summed E-state index contributed by atoms with van der Waals surface area (Å²) in [7, 11) is 0. The molecular weight excluding hydrogens is 364 g/mol. The van der Waals surface area contributed by atoms with Crippen molar-refractivity contribution in [3.8, 4) is 5.75 Å². The molecule has 0 saturated heterocycles. The Morgan fingerprint density at radius 2 is 1.79 bits per heavy atom. The van der Waals surface area contributed by atoms with Gasteiger partial charge in [-0.2, -0.15) is 0 Å². The number of carbonyl (C=O) groups is 2. The van der Waals surface area contributed by atoms with E-state index in [4.69, 9.17) is 4.74 Å². The molecule has 0 heterocycles. The van der Waals surface area contributed by atoms with Gasteiger partial charge in [0.15, 0.2) is 6.61 Å². The number of rotatable bonds is 8. The summed E-state index contributed by atoms with van der Waals surface area (Å²) in [6, 6.07) is 16.3. The van der Waals surface area contributed by atoms with Gasteiger partial charge in [-0.3, -0.25) is 9.59 Å². The number of aryl methyl sites for hydroxylation is 1. The molecule has 0 aromatic heterocycles. The summed E-state index contributed by atoms with van der Waals surface area (Å²) in [6.07, 6.45) is 5.96. The second kappa shape index (κ2) is 9.12. The van der Waals surface area contributed by atoms with Crippen LogP contribution in [-0.4, -0.2) is 31.0 Å². The Kier molecular flexibility index (Phi) is 6.13. The lowest BCUT2D eigenvalue weighted by atomic mass is 9.82. The molecule has 0 unspecified atom stereocenters. The van der Waals surface area contributed by atoms with Crippen LogP contribution in [-0.2, 0) is 22.4 Å². The topological polar surface area (TPSA) is 67.4 Å². The van der Waals surface area contributed by atoms with Crippen molar-refractivity contribution in [2.75, 3.05) is 13.2 Å². The second-order valence-electron chi connectivity index (χ2n) is 7.96. The predicted molar refractivity (Wildman–Crippen MR) is 112 cm³/mol. The van der Waals surface area contributed by atoms with E-state index >= 15 is 0 Å². The summed E-state index contributed by atoms with van der Waals surface area (Å²) in [4.78, 5) is 24.3. The van der Waals surface area contributed by atoms with Crippen LogP contribution < -0.4 is 15.4 Å². The van der Waals surface area contributed by atoms with Crippen molar-refractivity contribution < 1.29 is 14.3 Å². The van der Waals surface area contributed by atoms with Gasteiger partial charge >= 0.3 is 0 Å². The first-order chi connectivity index (χ1) is 14.2. The van der Waals surface area contributed by atoms with Crippen LogP contribution in [0.2, 0.25) is 0 Å². The van der Waals surface area contributed by atoms with E-state index in [9.17, 15) is 9.59 Å². The van der Waals surface area contributed by atoms with E-state index in [0.717, 1.165) is 44.1 Å². The average molecular weight is 392 g/mol. The molecular formula is C24H28N2O3. The van der Waals surface area contributed by atoms with Crippen LogP contribution in [0.4, 0.5) is 0 Å². The van der Waals surface area contributed by atoms with Crippen LogP contribution in [0.5, 0.6) is 5.75 Å². The lowest BCUT2D eigenvalue weighted by Gasteiger charge is -2.24. The highest BCUT2D eigenvalue weighted by Crippen LogP contribution is 2.31. The van der Waals surface area contributed by atoms with Gasteiger partial charge in [0.2, 0.25) is 5.91 Å². The van der Waals surface area contributed by atoms with Crippen LogP contribution in [0.25, 0.3) is 0 Å².